The zero-order chi connectivity index (χ0) is 13.7. The number of phenols is 2. The average molecular weight is 271 g/mol. The largest absolute Gasteiger partial charge is 0.508 e. The Morgan fingerprint density at radius 2 is 2.00 bits per heavy atom. The van der Waals surface area contributed by atoms with E-state index in [0.717, 1.165) is 13.0 Å². The molecule has 0 fully saturated rings. The number of phenolic OH excluding ortho intramolecular Hbond substituents is 2. The SMILES string of the molecule is CC(NCCC(C)S(C)=O)c1cc(O)ccc1O. The molecule has 0 aromatic heterocycles. The summed E-state index contributed by atoms with van der Waals surface area (Å²) in [6, 6.07) is 4.42. The van der Waals surface area contributed by atoms with Gasteiger partial charge in [0.05, 0.1) is 0 Å². The fourth-order valence-electron chi connectivity index (χ4n) is 1.67. The molecular weight excluding hydrogens is 250 g/mol. The standard InChI is InChI=1S/C13H21NO3S/c1-9(18(3)17)6-7-14-10(2)12-8-11(15)4-5-13(12)16/h4-5,8-10,14-16H,6-7H2,1-3H3. The van der Waals surface area contributed by atoms with Gasteiger partial charge in [-0.15, -0.1) is 0 Å². The minimum absolute atomic E-state index is 0.0606. The van der Waals surface area contributed by atoms with Gasteiger partial charge in [-0.05, 0) is 38.1 Å². The molecule has 0 amide bonds. The van der Waals surface area contributed by atoms with E-state index in [4.69, 9.17) is 0 Å². The summed E-state index contributed by atoms with van der Waals surface area (Å²) in [5, 5.41) is 22.5. The number of hydrogen-bond acceptors (Lipinski definition) is 4. The van der Waals surface area contributed by atoms with Crippen molar-refractivity contribution in [2.75, 3.05) is 12.8 Å². The first-order valence-electron chi connectivity index (χ1n) is 5.99. The number of nitrogens with one attached hydrogen (secondary N) is 1. The van der Waals surface area contributed by atoms with E-state index in [1.54, 1.807) is 12.3 Å². The molecule has 0 saturated carbocycles. The molecule has 0 spiro atoms. The van der Waals surface area contributed by atoms with Gasteiger partial charge in [0.1, 0.15) is 11.5 Å². The van der Waals surface area contributed by atoms with E-state index in [1.807, 2.05) is 13.8 Å². The smallest absolute Gasteiger partial charge is 0.120 e. The monoisotopic (exact) mass is 271 g/mol. The molecule has 0 radical (unpaired) electrons. The van der Waals surface area contributed by atoms with Crippen molar-refractivity contribution in [3.8, 4) is 11.5 Å². The molecule has 0 saturated heterocycles. The summed E-state index contributed by atoms with van der Waals surface area (Å²) in [5.74, 6) is 0.305. The second-order valence-corrected chi connectivity index (χ2v) is 6.32. The van der Waals surface area contributed by atoms with Crippen LogP contribution in [0.5, 0.6) is 11.5 Å². The number of benzene rings is 1. The van der Waals surface area contributed by atoms with E-state index in [-0.39, 0.29) is 22.8 Å². The lowest BCUT2D eigenvalue weighted by Gasteiger charge is -2.17. The molecule has 1 rings (SSSR count). The van der Waals surface area contributed by atoms with Crippen molar-refractivity contribution < 1.29 is 14.4 Å². The van der Waals surface area contributed by atoms with Crippen molar-refractivity contribution >= 4 is 10.8 Å². The van der Waals surface area contributed by atoms with Crippen LogP contribution in [-0.2, 0) is 10.8 Å². The minimum Gasteiger partial charge on any atom is -0.508 e. The molecule has 3 unspecified atom stereocenters. The molecule has 0 aliphatic rings. The van der Waals surface area contributed by atoms with Crippen LogP contribution in [0.25, 0.3) is 0 Å². The lowest BCUT2D eigenvalue weighted by molar-refractivity contribution is 0.440. The van der Waals surface area contributed by atoms with E-state index in [1.165, 1.54) is 12.1 Å². The highest BCUT2D eigenvalue weighted by Crippen LogP contribution is 2.27. The van der Waals surface area contributed by atoms with Crippen molar-refractivity contribution in [3.05, 3.63) is 23.8 Å². The van der Waals surface area contributed by atoms with Gasteiger partial charge in [0, 0.05) is 33.9 Å². The average Bonchev–Trinajstić information content (AvgIpc) is 2.31. The third-order valence-corrected chi connectivity index (χ3v) is 4.41. The maximum Gasteiger partial charge on any atom is 0.120 e. The van der Waals surface area contributed by atoms with Gasteiger partial charge >= 0.3 is 0 Å². The Morgan fingerprint density at radius 1 is 1.33 bits per heavy atom. The van der Waals surface area contributed by atoms with Crippen LogP contribution in [0.2, 0.25) is 0 Å². The first-order valence-corrected chi connectivity index (χ1v) is 7.61. The third-order valence-electron chi connectivity index (χ3n) is 3.05. The van der Waals surface area contributed by atoms with Crippen molar-refractivity contribution in [3.63, 3.8) is 0 Å². The fraction of sp³-hybridized carbons (Fsp3) is 0.538. The summed E-state index contributed by atoms with van der Waals surface area (Å²) in [6.07, 6.45) is 2.52. The first-order chi connectivity index (χ1) is 8.41. The Labute approximate surface area is 110 Å². The van der Waals surface area contributed by atoms with Gasteiger partial charge < -0.3 is 15.5 Å². The Bertz CT molecular complexity index is 423. The zero-order valence-electron chi connectivity index (χ0n) is 11.0. The summed E-state index contributed by atoms with van der Waals surface area (Å²) in [4.78, 5) is 0. The first kappa shape index (κ1) is 15.0. The predicted octanol–water partition coefficient (Wildman–Crippen LogP) is 1.91. The molecule has 1 aromatic rings. The lowest BCUT2D eigenvalue weighted by atomic mass is 10.1. The van der Waals surface area contributed by atoms with E-state index in [0.29, 0.717) is 5.56 Å². The van der Waals surface area contributed by atoms with E-state index >= 15 is 0 Å². The van der Waals surface area contributed by atoms with Crippen LogP contribution < -0.4 is 5.32 Å². The van der Waals surface area contributed by atoms with Gasteiger partial charge in [-0.25, -0.2) is 0 Å². The normalized spacial score (nSPS) is 16.2. The van der Waals surface area contributed by atoms with Gasteiger partial charge in [-0.3, -0.25) is 4.21 Å². The second kappa shape index (κ2) is 6.75. The third kappa shape index (κ3) is 4.31. The van der Waals surface area contributed by atoms with Gasteiger partial charge in [0.25, 0.3) is 0 Å². The van der Waals surface area contributed by atoms with Crippen LogP contribution in [-0.4, -0.2) is 32.5 Å². The molecule has 0 bridgehead atoms. The Hall–Kier alpha value is -1.07. The predicted molar refractivity (Wildman–Crippen MR) is 74.3 cm³/mol. The lowest BCUT2D eigenvalue weighted by Crippen LogP contribution is -2.24. The van der Waals surface area contributed by atoms with Gasteiger partial charge in [-0.2, -0.15) is 0 Å². The molecule has 3 atom stereocenters. The zero-order valence-corrected chi connectivity index (χ0v) is 11.8. The van der Waals surface area contributed by atoms with Crippen molar-refractivity contribution in [1.82, 2.24) is 5.32 Å². The highest BCUT2D eigenvalue weighted by atomic mass is 32.2. The molecule has 18 heavy (non-hydrogen) atoms. The summed E-state index contributed by atoms with van der Waals surface area (Å²) in [5.41, 5.74) is 0.667. The number of aromatic hydroxyl groups is 2. The van der Waals surface area contributed by atoms with Crippen molar-refractivity contribution in [1.29, 1.82) is 0 Å². The van der Waals surface area contributed by atoms with Crippen LogP contribution in [0.4, 0.5) is 0 Å². The summed E-state index contributed by atoms with van der Waals surface area (Å²) >= 11 is 0. The van der Waals surface area contributed by atoms with Gasteiger partial charge in [-0.1, -0.05) is 6.92 Å². The Balaban J connectivity index is 2.52. The van der Waals surface area contributed by atoms with Crippen LogP contribution in [0.1, 0.15) is 31.9 Å². The van der Waals surface area contributed by atoms with E-state index in [2.05, 4.69) is 5.32 Å². The molecule has 1 aromatic carbocycles. The molecule has 3 N–H and O–H groups in total. The molecule has 0 aliphatic carbocycles. The van der Waals surface area contributed by atoms with Gasteiger partial charge in [0.2, 0.25) is 0 Å². The van der Waals surface area contributed by atoms with Crippen molar-refractivity contribution in [2.24, 2.45) is 0 Å². The fourth-order valence-corrected chi connectivity index (χ4v) is 2.12. The molecule has 4 nitrogen and oxygen atoms in total. The minimum atomic E-state index is -0.807. The molecular formula is C13H21NO3S. The molecule has 0 heterocycles. The summed E-state index contributed by atoms with van der Waals surface area (Å²) in [7, 11) is -0.807. The highest BCUT2D eigenvalue weighted by molar-refractivity contribution is 7.84. The van der Waals surface area contributed by atoms with Crippen LogP contribution in [0.15, 0.2) is 18.2 Å². The number of hydrogen-bond donors (Lipinski definition) is 3. The Kier molecular flexibility index (Phi) is 5.62. The summed E-state index contributed by atoms with van der Waals surface area (Å²) < 4.78 is 11.2. The van der Waals surface area contributed by atoms with E-state index < -0.39 is 10.8 Å². The van der Waals surface area contributed by atoms with Crippen LogP contribution >= 0.6 is 0 Å². The molecule has 102 valence electrons. The highest BCUT2D eigenvalue weighted by Gasteiger charge is 2.12. The quantitative estimate of drug-likeness (QED) is 0.691. The molecule has 5 heteroatoms. The van der Waals surface area contributed by atoms with Crippen molar-refractivity contribution in [2.45, 2.75) is 31.6 Å². The van der Waals surface area contributed by atoms with Gasteiger partial charge in [0.15, 0.2) is 0 Å². The van der Waals surface area contributed by atoms with Crippen LogP contribution in [0, 0.1) is 0 Å². The Morgan fingerprint density at radius 3 is 2.61 bits per heavy atom. The number of rotatable bonds is 6. The van der Waals surface area contributed by atoms with E-state index in [9.17, 15) is 14.4 Å². The molecule has 0 aliphatic heterocycles. The maximum absolute atomic E-state index is 11.2. The second-order valence-electron chi connectivity index (χ2n) is 4.52. The topological polar surface area (TPSA) is 69.6 Å². The summed E-state index contributed by atoms with van der Waals surface area (Å²) in [6.45, 7) is 4.59. The maximum atomic E-state index is 11.2. The van der Waals surface area contributed by atoms with Crippen LogP contribution in [0.3, 0.4) is 0 Å².